The van der Waals surface area contributed by atoms with Crippen LogP contribution in [0.25, 0.3) is 0 Å². The predicted molar refractivity (Wildman–Crippen MR) is 78.1 cm³/mol. The standard InChI is InChI=1S/C14H22N2O2S/c1-5-11-10(4)8-12(19-11)14(18)16-15-13(17)7-6-9(2)3/h8-9H,5-7H2,1-4H3,(H,15,17)(H,16,18). The molecule has 5 heteroatoms. The van der Waals surface area contributed by atoms with Crippen molar-refractivity contribution >= 4 is 23.2 Å². The second-order valence-electron chi connectivity index (χ2n) is 5.01. The Morgan fingerprint density at radius 1 is 1.32 bits per heavy atom. The molecule has 0 bridgehead atoms. The number of amides is 2. The molecule has 2 amide bonds. The molecule has 0 fully saturated rings. The van der Waals surface area contributed by atoms with Crippen molar-refractivity contribution in [2.75, 3.05) is 0 Å². The summed E-state index contributed by atoms with van der Waals surface area (Å²) in [7, 11) is 0. The number of carbonyl (C=O) groups excluding carboxylic acids is 2. The number of hydrazine groups is 1. The zero-order chi connectivity index (χ0) is 14.4. The highest BCUT2D eigenvalue weighted by atomic mass is 32.1. The molecule has 0 unspecified atom stereocenters. The normalized spacial score (nSPS) is 10.6. The Balaban J connectivity index is 2.44. The lowest BCUT2D eigenvalue weighted by molar-refractivity contribution is -0.122. The largest absolute Gasteiger partial charge is 0.279 e. The summed E-state index contributed by atoms with van der Waals surface area (Å²) in [4.78, 5) is 25.2. The third-order valence-corrected chi connectivity index (χ3v) is 4.21. The van der Waals surface area contributed by atoms with Crippen LogP contribution in [0, 0.1) is 12.8 Å². The van der Waals surface area contributed by atoms with E-state index in [9.17, 15) is 9.59 Å². The van der Waals surface area contributed by atoms with E-state index in [1.165, 1.54) is 16.2 Å². The Morgan fingerprint density at radius 2 is 2.00 bits per heavy atom. The average Bonchev–Trinajstić information content (AvgIpc) is 2.74. The van der Waals surface area contributed by atoms with Crippen molar-refractivity contribution in [3.8, 4) is 0 Å². The van der Waals surface area contributed by atoms with Crippen LogP contribution in [-0.2, 0) is 11.2 Å². The Hall–Kier alpha value is -1.36. The highest BCUT2D eigenvalue weighted by Gasteiger charge is 2.12. The van der Waals surface area contributed by atoms with E-state index in [4.69, 9.17) is 0 Å². The van der Waals surface area contributed by atoms with Gasteiger partial charge in [-0.15, -0.1) is 11.3 Å². The summed E-state index contributed by atoms with van der Waals surface area (Å²) in [5, 5.41) is 0. The summed E-state index contributed by atoms with van der Waals surface area (Å²) in [6, 6.07) is 1.86. The third-order valence-electron chi connectivity index (χ3n) is 2.83. The molecule has 0 aliphatic rings. The average molecular weight is 282 g/mol. The van der Waals surface area contributed by atoms with Crippen molar-refractivity contribution in [3.05, 3.63) is 21.4 Å². The molecule has 106 valence electrons. The van der Waals surface area contributed by atoms with E-state index in [1.807, 2.05) is 13.0 Å². The summed E-state index contributed by atoms with van der Waals surface area (Å²) < 4.78 is 0. The highest BCUT2D eigenvalue weighted by Crippen LogP contribution is 2.21. The van der Waals surface area contributed by atoms with Gasteiger partial charge in [-0.25, -0.2) is 0 Å². The Morgan fingerprint density at radius 3 is 2.53 bits per heavy atom. The van der Waals surface area contributed by atoms with Gasteiger partial charge in [-0.05, 0) is 37.3 Å². The first kappa shape index (κ1) is 15.7. The summed E-state index contributed by atoms with van der Waals surface area (Å²) in [5.74, 6) is 0.0882. The number of carbonyl (C=O) groups is 2. The molecular formula is C14H22N2O2S. The van der Waals surface area contributed by atoms with Crippen molar-refractivity contribution in [2.45, 2.75) is 47.0 Å². The molecular weight excluding hydrogens is 260 g/mol. The zero-order valence-electron chi connectivity index (χ0n) is 12.0. The lowest BCUT2D eigenvalue weighted by atomic mass is 10.1. The molecule has 4 nitrogen and oxygen atoms in total. The van der Waals surface area contributed by atoms with Crippen LogP contribution in [0.5, 0.6) is 0 Å². The van der Waals surface area contributed by atoms with Gasteiger partial charge in [-0.1, -0.05) is 20.8 Å². The summed E-state index contributed by atoms with van der Waals surface area (Å²) in [6.45, 7) is 8.18. The third kappa shape index (κ3) is 5.03. The first-order valence-electron chi connectivity index (χ1n) is 6.62. The minimum Gasteiger partial charge on any atom is -0.273 e. The van der Waals surface area contributed by atoms with Crippen molar-refractivity contribution in [1.82, 2.24) is 10.9 Å². The van der Waals surface area contributed by atoms with E-state index in [-0.39, 0.29) is 11.8 Å². The molecule has 0 spiro atoms. The lowest BCUT2D eigenvalue weighted by Crippen LogP contribution is -2.41. The first-order valence-corrected chi connectivity index (χ1v) is 7.44. The van der Waals surface area contributed by atoms with Crippen LogP contribution in [0.1, 0.15) is 53.7 Å². The maximum absolute atomic E-state index is 11.9. The van der Waals surface area contributed by atoms with E-state index >= 15 is 0 Å². The first-order chi connectivity index (χ1) is 8.93. The monoisotopic (exact) mass is 282 g/mol. The van der Waals surface area contributed by atoms with Gasteiger partial charge in [0.2, 0.25) is 5.91 Å². The van der Waals surface area contributed by atoms with E-state index in [0.29, 0.717) is 17.2 Å². The van der Waals surface area contributed by atoms with Gasteiger partial charge in [0.25, 0.3) is 5.91 Å². The van der Waals surface area contributed by atoms with E-state index in [0.717, 1.165) is 18.4 Å². The van der Waals surface area contributed by atoms with Crippen LogP contribution < -0.4 is 10.9 Å². The van der Waals surface area contributed by atoms with Crippen LogP contribution in [0.15, 0.2) is 6.07 Å². The number of thiophene rings is 1. The van der Waals surface area contributed by atoms with E-state index in [1.54, 1.807) is 0 Å². The molecule has 0 saturated heterocycles. The molecule has 1 rings (SSSR count). The van der Waals surface area contributed by atoms with Crippen molar-refractivity contribution in [3.63, 3.8) is 0 Å². The van der Waals surface area contributed by atoms with Crippen LogP contribution in [0.3, 0.4) is 0 Å². The van der Waals surface area contributed by atoms with Crippen molar-refractivity contribution in [1.29, 1.82) is 0 Å². The highest BCUT2D eigenvalue weighted by molar-refractivity contribution is 7.14. The minimum absolute atomic E-state index is 0.147. The van der Waals surface area contributed by atoms with Gasteiger partial charge in [0.05, 0.1) is 4.88 Å². The van der Waals surface area contributed by atoms with E-state index in [2.05, 4.69) is 31.6 Å². The summed E-state index contributed by atoms with van der Waals surface area (Å²) in [6.07, 6.45) is 2.17. The fraction of sp³-hybridized carbons (Fsp3) is 0.571. The van der Waals surface area contributed by atoms with Gasteiger partial charge in [0, 0.05) is 11.3 Å². The van der Waals surface area contributed by atoms with Crippen molar-refractivity contribution in [2.24, 2.45) is 5.92 Å². The van der Waals surface area contributed by atoms with Gasteiger partial charge in [-0.3, -0.25) is 20.4 Å². The molecule has 0 aliphatic heterocycles. The van der Waals surface area contributed by atoms with Gasteiger partial charge in [0.15, 0.2) is 0 Å². The molecule has 1 heterocycles. The predicted octanol–water partition coefficient (Wildman–Crippen LogP) is 2.82. The smallest absolute Gasteiger partial charge is 0.273 e. The Bertz CT molecular complexity index is 452. The molecule has 0 saturated carbocycles. The maximum atomic E-state index is 11.9. The number of hydrogen-bond donors (Lipinski definition) is 2. The second kappa shape index (κ2) is 7.28. The van der Waals surface area contributed by atoms with Crippen LogP contribution in [0.2, 0.25) is 0 Å². The molecule has 0 atom stereocenters. The minimum atomic E-state index is -0.245. The zero-order valence-corrected chi connectivity index (χ0v) is 12.8. The van der Waals surface area contributed by atoms with Crippen LogP contribution >= 0.6 is 11.3 Å². The lowest BCUT2D eigenvalue weighted by Gasteiger charge is -2.07. The topological polar surface area (TPSA) is 58.2 Å². The Kier molecular flexibility index (Phi) is 6.02. The molecule has 1 aromatic rings. The summed E-state index contributed by atoms with van der Waals surface area (Å²) >= 11 is 1.47. The second-order valence-corrected chi connectivity index (χ2v) is 6.14. The number of aryl methyl sites for hydroxylation is 2. The molecule has 2 N–H and O–H groups in total. The van der Waals surface area contributed by atoms with Gasteiger partial charge in [0.1, 0.15) is 0 Å². The number of hydrogen-bond acceptors (Lipinski definition) is 3. The SMILES string of the molecule is CCc1sc(C(=O)NNC(=O)CCC(C)C)cc1C. The Labute approximate surface area is 118 Å². The molecule has 19 heavy (non-hydrogen) atoms. The molecule has 0 aromatic carbocycles. The van der Waals surface area contributed by atoms with Crippen LogP contribution in [0.4, 0.5) is 0 Å². The quantitative estimate of drug-likeness (QED) is 0.816. The van der Waals surface area contributed by atoms with Gasteiger partial charge >= 0.3 is 0 Å². The van der Waals surface area contributed by atoms with Gasteiger partial charge < -0.3 is 0 Å². The maximum Gasteiger partial charge on any atom is 0.279 e. The number of nitrogens with one attached hydrogen (secondary N) is 2. The molecule has 0 aliphatic carbocycles. The molecule has 1 aromatic heterocycles. The summed E-state index contributed by atoms with van der Waals surface area (Å²) in [5.41, 5.74) is 6.04. The molecule has 0 radical (unpaired) electrons. The van der Waals surface area contributed by atoms with Crippen molar-refractivity contribution < 1.29 is 9.59 Å². The van der Waals surface area contributed by atoms with Crippen LogP contribution in [-0.4, -0.2) is 11.8 Å². The van der Waals surface area contributed by atoms with Gasteiger partial charge in [-0.2, -0.15) is 0 Å². The fourth-order valence-corrected chi connectivity index (χ4v) is 2.66. The number of rotatable bonds is 5. The van der Waals surface area contributed by atoms with E-state index < -0.39 is 0 Å². The fourth-order valence-electron chi connectivity index (χ4n) is 1.65.